The zero-order chi connectivity index (χ0) is 15.0. The van der Waals surface area contributed by atoms with E-state index in [9.17, 15) is 10.0 Å². The molecule has 1 amide bonds. The predicted octanol–water partition coefficient (Wildman–Crippen LogP) is 1.16. The van der Waals surface area contributed by atoms with Crippen LogP contribution in [0.1, 0.15) is 16.1 Å². The molecular weight excluding hydrogens is 270 g/mol. The largest absolute Gasteiger partial charge is 0.619 e. The highest BCUT2D eigenvalue weighted by Gasteiger charge is 2.10. The molecule has 0 saturated carbocycles. The van der Waals surface area contributed by atoms with Crippen LogP contribution in [0.2, 0.25) is 0 Å². The minimum absolute atomic E-state index is 0.293. The summed E-state index contributed by atoms with van der Waals surface area (Å²) in [5.74, 6) is -0.293. The number of amides is 1. The lowest BCUT2D eigenvalue weighted by atomic mass is 10.2. The molecule has 0 bridgehead atoms. The molecule has 3 aromatic rings. The molecule has 0 atom stereocenters. The Bertz CT molecular complexity index is 823. The first-order valence-electron chi connectivity index (χ1n) is 6.34. The van der Waals surface area contributed by atoms with Crippen LogP contribution in [0.4, 0.5) is 5.69 Å². The minimum Gasteiger partial charge on any atom is -0.619 e. The van der Waals surface area contributed by atoms with E-state index >= 15 is 0 Å². The molecule has 0 fully saturated rings. The molecule has 0 aliphatic rings. The fourth-order valence-electron chi connectivity index (χ4n) is 2.14. The maximum Gasteiger partial charge on any atom is 0.256 e. The van der Waals surface area contributed by atoms with Crippen LogP contribution in [0.5, 0.6) is 0 Å². The molecule has 0 aromatic carbocycles. The first kappa shape index (κ1) is 13.0. The molecule has 0 unspecified atom stereocenters. The Labute approximate surface area is 120 Å². The van der Waals surface area contributed by atoms with Gasteiger partial charge in [-0.25, -0.2) is 4.98 Å². The third-order valence-corrected chi connectivity index (χ3v) is 3.19. The van der Waals surface area contributed by atoms with Crippen LogP contribution < -0.4 is 10.0 Å². The number of anilines is 1. The van der Waals surface area contributed by atoms with Crippen molar-refractivity contribution in [2.75, 3.05) is 5.32 Å². The Kier molecular flexibility index (Phi) is 3.02. The topological polar surface area (TPSA) is 86.8 Å². The van der Waals surface area contributed by atoms with E-state index < -0.39 is 0 Å². The number of hydrogen-bond acceptors (Lipinski definition) is 4. The van der Waals surface area contributed by atoms with Gasteiger partial charge in [0.25, 0.3) is 5.91 Å². The van der Waals surface area contributed by atoms with Crippen LogP contribution in [0.3, 0.4) is 0 Å². The summed E-state index contributed by atoms with van der Waals surface area (Å²) < 4.78 is 2.32. The second kappa shape index (κ2) is 4.86. The lowest BCUT2D eigenvalue weighted by molar-refractivity contribution is -0.605. The number of pyridine rings is 2. The molecule has 3 rings (SSSR count). The number of rotatable bonds is 2. The Morgan fingerprint density at radius 3 is 2.81 bits per heavy atom. The van der Waals surface area contributed by atoms with Gasteiger partial charge in [-0.1, -0.05) is 0 Å². The Morgan fingerprint density at radius 1 is 1.38 bits per heavy atom. The molecule has 7 heteroatoms. The highest BCUT2D eigenvalue weighted by Crippen LogP contribution is 2.19. The van der Waals surface area contributed by atoms with Gasteiger partial charge in [0.15, 0.2) is 18.0 Å². The van der Waals surface area contributed by atoms with Gasteiger partial charge in [-0.3, -0.25) is 9.48 Å². The van der Waals surface area contributed by atoms with Gasteiger partial charge in [-0.2, -0.15) is 9.83 Å². The van der Waals surface area contributed by atoms with E-state index in [0.29, 0.717) is 16.0 Å². The van der Waals surface area contributed by atoms with Crippen molar-refractivity contribution < 1.29 is 9.52 Å². The van der Waals surface area contributed by atoms with Crippen molar-refractivity contribution in [2.45, 2.75) is 6.92 Å². The first-order chi connectivity index (χ1) is 10.0. The maximum absolute atomic E-state index is 12.1. The van der Waals surface area contributed by atoms with Gasteiger partial charge in [-0.15, -0.1) is 0 Å². The van der Waals surface area contributed by atoms with Crippen molar-refractivity contribution >= 4 is 22.6 Å². The van der Waals surface area contributed by atoms with Crippen LogP contribution in [0.15, 0.2) is 36.8 Å². The van der Waals surface area contributed by atoms with Gasteiger partial charge in [-0.05, 0) is 13.0 Å². The predicted molar refractivity (Wildman–Crippen MR) is 76.6 cm³/mol. The normalized spacial score (nSPS) is 10.8. The van der Waals surface area contributed by atoms with E-state index in [2.05, 4.69) is 15.4 Å². The standard InChI is InChI=1S/C14H13N5O2/c1-9-12-7-11(8-15-13(12)18(2)17-9)16-14(20)10-3-5-19(21)6-4-10/h3-8H,1-2H3,(H,16,20). The fourth-order valence-corrected chi connectivity index (χ4v) is 2.14. The molecule has 3 aromatic heterocycles. The zero-order valence-electron chi connectivity index (χ0n) is 11.6. The molecule has 7 nitrogen and oxygen atoms in total. The second-order valence-corrected chi connectivity index (χ2v) is 4.71. The molecule has 3 heterocycles. The summed E-state index contributed by atoms with van der Waals surface area (Å²) in [5, 5.41) is 18.9. The number of carbonyl (C=O) groups excluding carboxylic acids is 1. The number of nitrogens with one attached hydrogen (secondary N) is 1. The molecule has 0 aliphatic carbocycles. The SMILES string of the molecule is Cc1nn(C)c2ncc(NC(=O)c3cc[n+]([O-])cc3)cc12. The molecule has 106 valence electrons. The van der Waals surface area contributed by atoms with Gasteiger partial charge in [0, 0.05) is 24.6 Å². The van der Waals surface area contributed by atoms with Gasteiger partial charge in [0.05, 0.1) is 23.1 Å². The number of aryl methyl sites for hydroxylation is 2. The van der Waals surface area contributed by atoms with E-state index in [0.717, 1.165) is 16.7 Å². The summed E-state index contributed by atoms with van der Waals surface area (Å²) in [6.45, 7) is 1.89. The van der Waals surface area contributed by atoms with Crippen molar-refractivity contribution in [3.8, 4) is 0 Å². The Hall–Kier alpha value is -2.96. The molecule has 0 saturated heterocycles. The van der Waals surface area contributed by atoms with E-state index in [1.54, 1.807) is 10.9 Å². The third-order valence-electron chi connectivity index (χ3n) is 3.19. The Morgan fingerprint density at radius 2 is 2.10 bits per heavy atom. The molecule has 0 radical (unpaired) electrons. The van der Waals surface area contributed by atoms with Crippen LogP contribution in [-0.4, -0.2) is 20.7 Å². The minimum atomic E-state index is -0.293. The summed E-state index contributed by atoms with van der Waals surface area (Å²) in [5.41, 5.74) is 2.60. The lowest BCUT2D eigenvalue weighted by Crippen LogP contribution is -2.25. The number of aromatic nitrogens is 4. The number of hydrogen-bond donors (Lipinski definition) is 1. The highest BCUT2D eigenvalue weighted by molar-refractivity contribution is 6.04. The number of fused-ring (bicyclic) bond motifs is 1. The zero-order valence-corrected chi connectivity index (χ0v) is 11.6. The van der Waals surface area contributed by atoms with Crippen LogP contribution in [0.25, 0.3) is 11.0 Å². The van der Waals surface area contributed by atoms with Gasteiger partial charge < -0.3 is 10.5 Å². The summed E-state index contributed by atoms with van der Waals surface area (Å²) in [6.07, 6.45) is 4.14. The van der Waals surface area contributed by atoms with Crippen molar-refractivity contribution in [3.05, 3.63) is 53.3 Å². The summed E-state index contributed by atoms with van der Waals surface area (Å²) in [4.78, 5) is 16.4. The van der Waals surface area contributed by atoms with Crippen molar-refractivity contribution in [2.24, 2.45) is 7.05 Å². The molecular formula is C14H13N5O2. The smallest absolute Gasteiger partial charge is 0.256 e. The summed E-state index contributed by atoms with van der Waals surface area (Å²) >= 11 is 0. The molecule has 1 N–H and O–H groups in total. The molecule has 0 aliphatic heterocycles. The summed E-state index contributed by atoms with van der Waals surface area (Å²) in [6, 6.07) is 4.76. The first-order valence-corrected chi connectivity index (χ1v) is 6.34. The van der Waals surface area contributed by atoms with Crippen molar-refractivity contribution in [1.82, 2.24) is 14.8 Å². The van der Waals surface area contributed by atoms with Gasteiger partial charge >= 0.3 is 0 Å². The summed E-state index contributed by atoms with van der Waals surface area (Å²) in [7, 11) is 1.82. The lowest BCUT2D eigenvalue weighted by Gasteiger charge is -2.05. The van der Waals surface area contributed by atoms with Crippen LogP contribution in [-0.2, 0) is 7.05 Å². The number of carbonyl (C=O) groups is 1. The number of nitrogens with zero attached hydrogens (tertiary/aromatic N) is 4. The van der Waals surface area contributed by atoms with Crippen molar-refractivity contribution in [1.29, 1.82) is 0 Å². The fraction of sp³-hybridized carbons (Fsp3) is 0.143. The van der Waals surface area contributed by atoms with E-state index in [-0.39, 0.29) is 5.91 Å². The monoisotopic (exact) mass is 283 g/mol. The maximum atomic E-state index is 12.1. The molecule has 21 heavy (non-hydrogen) atoms. The third kappa shape index (κ3) is 2.40. The second-order valence-electron chi connectivity index (χ2n) is 4.71. The van der Waals surface area contributed by atoms with Crippen molar-refractivity contribution in [3.63, 3.8) is 0 Å². The van der Waals surface area contributed by atoms with Gasteiger partial charge in [0.1, 0.15) is 0 Å². The van der Waals surface area contributed by atoms with Crippen LogP contribution >= 0.6 is 0 Å². The van der Waals surface area contributed by atoms with Gasteiger partial charge in [0.2, 0.25) is 0 Å². The van der Waals surface area contributed by atoms with Crippen LogP contribution in [0, 0.1) is 12.1 Å². The molecule has 0 spiro atoms. The average molecular weight is 283 g/mol. The Balaban J connectivity index is 1.89. The van der Waals surface area contributed by atoms with E-state index in [1.165, 1.54) is 24.5 Å². The quantitative estimate of drug-likeness (QED) is 0.565. The van der Waals surface area contributed by atoms with E-state index in [4.69, 9.17) is 0 Å². The average Bonchev–Trinajstić information content (AvgIpc) is 2.74. The van der Waals surface area contributed by atoms with E-state index in [1.807, 2.05) is 20.0 Å². The highest BCUT2D eigenvalue weighted by atomic mass is 16.5.